The predicted molar refractivity (Wildman–Crippen MR) is 65.3 cm³/mol. The number of fused-ring (bicyclic) bond motifs is 1. The minimum Gasteiger partial charge on any atom is -0.507 e. The van der Waals surface area contributed by atoms with E-state index in [9.17, 15) is 5.11 Å². The fourth-order valence-electron chi connectivity index (χ4n) is 2.26. The summed E-state index contributed by atoms with van der Waals surface area (Å²) in [6, 6.07) is 0. The molecular weight excluding hydrogens is 218 g/mol. The van der Waals surface area contributed by atoms with Crippen molar-refractivity contribution in [2.24, 2.45) is 0 Å². The molecule has 1 aromatic carbocycles. The van der Waals surface area contributed by atoms with Gasteiger partial charge in [0.2, 0.25) is 0 Å². The van der Waals surface area contributed by atoms with Crippen LogP contribution < -0.4 is 4.74 Å². The van der Waals surface area contributed by atoms with Crippen molar-refractivity contribution >= 4 is 0 Å². The van der Waals surface area contributed by atoms with Crippen LogP contribution in [-0.4, -0.2) is 35.0 Å². The second kappa shape index (κ2) is 4.55. The summed E-state index contributed by atoms with van der Waals surface area (Å²) in [5.41, 5.74) is 3.81. The average Bonchev–Trinajstić information content (AvgIpc) is 2.34. The molecule has 1 aromatic rings. The number of phenols is 1. The van der Waals surface area contributed by atoms with Gasteiger partial charge in [0.15, 0.2) is 0 Å². The number of phenolic OH excluding ortho intramolecular Hbond substituents is 1. The topological polar surface area (TPSA) is 52.9 Å². The molecule has 0 unspecified atom stereocenters. The highest BCUT2D eigenvalue weighted by Crippen LogP contribution is 2.39. The molecule has 0 atom stereocenters. The maximum Gasteiger partial charge on any atom is 0.142 e. The van der Waals surface area contributed by atoms with Crippen LogP contribution in [0.15, 0.2) is 0 Å². The molecule has 94 valence electrons. The molecule has 0 aromatic heterocycles. The third-order valence-electron chi connectivity index (χ3n) is 3.53. The number of ether oxygens (including phenoxy) is 1. The first-order valence-electron chi connectivity index (χ1n) is 5.83. The summed E-state index contributed by atoms with van der Waals surface area (Å²) in [6.45, 7) is 7.71. The highest BCUT2D eigenvalue weighted by molar-refractivity contribution is 5.57. The number of benzene rings is 1. The summed E-state index contributed by atoms with van der Waals surface area (Å²) in [5, 5.41) is 19.0. The van der Waals surface area contributed by atoms with E-state index in [2.05, 4.69) is 0 Å². The van der Waals surface area contributed by atoms with Crippen molar-refractivity contribution in [3.63, 3.8) is 0 Å². The molecule has 0 radical (unpaired) electrons. The molecule has 0 saturated heterocycles. The second-order valence-corrected chi connectivity index (χ2v) is 4.58. The van der Waals surface area contributed by atoms with E-state index in [4.69, 9.17) is 9.84 Å². The summed E-state index contributed by atoms with van der Waals surface area (Å²) >= 11 is 0. The Morgan fingerprint density at radius 1 is 1.18 bits per heavy atom. The lowest BCUT2D eigenvalue weighted by Crippen LogP contribution is -2.34. The number of aliphatic hydroxyl groups is 1. The zero-order valence-corrected chi connectivity index (χ0v) is 10.6. The Balaban J connectivity index is 2.44. The van der Waals surface area contributed by atoms with Crippen molar-refractivity contribution in [1.29, 1.82) is 0 Å². The predicted octanol–water partition coefficient (Wildman–Crippen LogP) is 1.46. The van der Waals surface area contributed by atoms with Gasteiger partial charge in [-0.1, -0.05) is 0 Å². The Bertz CT molecular complexity index is 443. The van der Waals surface area contributed by atoms with Crippen LogP contribution in [0.3, 0.4) is 0 Å². The molecular formula is C13H19NO3. The van der Waals surface area contributed by atoms with Gasteiger partial charge >= 0.3 is 0 Å². The second-order valence-electron chi connectivity index (χ2n) is 4.58. The van der Waals surface area contributed by atoms with Gasteiger partial charge in [-0.25, -0.2) is 0 Å². The van der Waals surface area contributed by atoms with E-state index in [0.29, 0.717) is 19.0 Å². The van der Waals surface area contributed by atoms with Crippen LogP contribution in [0.25, 0.3) is 0 Å². The minimum absolute atomic E-state index is 0.120. The number of rotatable bonds is 2. The lowest BCUT2D eigenvalue weighted by Gasteiger charge is -2.31. The number of hydrogen-bond acceptors (Lipinski definition) is 4. The zero-order valence-electron chi connectivity index (χ0n) is 10.6. The Labute approximate surface area is 101 Å². The normalized spacial score (nSPS) is 15.5. The van der Waals surface area contributed by atoms with Gasteiger partial charge in [0.05, 0.1) is 6.61 Å². The van der Waals surface area contributed by atoms with Crippen LogP contribution in [0, 0.1) is 20.8 Å². The van der Waals surface area contributed by atoms with Crippen LogP contribution in [0.4, 0.5) is 0 Å². The molecule has 1 heterocycles. The lowest BCUT2D eigenvalue weighted by molar-refractivity contribution is 0.0759. The molecule has 1 aliphatic rings. The van der Waals surface area contributed by atoms with Crippen molar-refractivity contribution in [2.75, 3.05) is 19.9 Å². The smallest absolute Gasteiger partial charge is 0.142 e. The fourth-order valence-corrected chi connectivity index (χ4v) is 2.26. The van der Waals surface area contributed by atoms with Crippen molar-refractivity contribution in [3.05, 3.63) is 22.3 Å². The van der Waals surface area contributed by atoms with E-state index >= 15 is 0 Å². The summed E-state index contributed by atoms with van der Waals surface area (Å²) in [7, 11) is 0. The van der Waals surface area contributed by atoms with Gasteiger partial charge in [-0.05, 0) is 37.5 Å². The quantitative estimate of drug-likeness (QED) is 0.817. The maximum absolute atomic E-state index is 10.0. The van der Waals surface area contributed by atoms with E-state index in [0.717, 1.165) is 34.5 Å². The lowest BCUT2D eigenvalue weighted by atomic mass is 9.96. The fraction of sp³-hybridized carbons (Fsp3) is 0.538. The van der Waals surface area contributed by atoms with Gasteiger partial charge in [-0.2, -0.15) is 0 Å². The summed E-state index contributed by atoms with van der Waals surface area (Å²) in [6.07, 6.45) is 0. The molecule has 1 aliphatic heterocycles. The monoisotopic (exact) mass is 237 g/mol. The highest BCUT2D eigenvalue weighted by Gasteiger charge is 2.24. The number of hydrogen-bond donors (Lipinski definition) is 2. The van der Waals surface area contributed by atoms with Crippen LogP contribution in [0.1, 0.15) is 22.3 Å². The van der Waals surface area contributed by atoms with Gasteiger partial charge in [-0.3, -0.25) is 4.90 Å². The highest BCUT2D eigenvalue weighted by atomic mass is 16.5. The summed E-state index contributed by atoms with van der Waals surface area (Å²) in [4.78, 5) is 2.02. The van der Waals surface area contributed by atoms with Gasteiger partial charge in [0.25, 0.3) is 0 Å². The van der Waals surface area contributed by atoms with Crippen molar-refractivity contribution < 1.29 is 14.9 Å². The van der Waals surface area contributed by atoms with Gasteiger partial charge < -0.3 is 14.9 Å². The number of nitrogens with zero attached hydrogens (tertiary/aromatic N) is 1. The largest absolute Gasteiger partial charge is 0.507 e. The van der Waals surface area contributed by atoms with Gasteiger partial charge in [0.1, 0.15) is 18.2 Å². The first-order chi connectivity index (χ1) is 8.06. The molecule has 0 bridgehead atoms. The van der Waals surface area contributed by atoms with E-state index in [1.165, 1.54) is 0 Å². The van der Waals surface area contributed by atoms with Crippen molar-refractivity contribution in [2.45, 2.75) is 27.3 Å². The molecule has 4 nitrogen and oxygen atoms in total. The number of aliphatic hydroxyl groups excluding tert-OH is 1. The van der Waals surface area contributed by atoms with Gasteiger partial charge in [0, 0.05) is 18.7 Å². The molecule has 17 heavy (non-hydrogen) atoms. The van der Waals surface area contributed by atoms with E-state index < -0.39 is 0 Å². The van der Waals surface area contributed by atoms with Crippen LogP contribution in [0.5, 0.6) is 11.5 Å². The Morgan fingerprint density at radius 3 is 2.53 bits per heavy atom. The Hall–Kier alpha value is -1.26. The van der Waals surface area contributed by atoms with E-state index in [1.807, 2.05) is 25.7 Å². The molecule has 0 aliphatic carbocycles. The molecule has 2 rings (SSSR count). The molecule has 4 heteroatoms. The van der Waals surface area contributed by atoms with Crippen molar-refractivity contribution in [3.8, 4) is 11.5 Å². The average molecular weight is 237 g/mol. The van der Waals surface area contributed by atoms with Crippen LogP contribution in [0.2, 0.25) is 0 Å². The maximum atomic E-state index is 10.0. The third kappa shape index (κ3) is 1.98. The first-order valence-corrected chi connectivity index (χ1v) is 5.83. The molecule has 2 N–H and O–H groups in total. The standard InChI is InChI=1S/C13H19NO3/c1-8-9(2)13-11(10(3)12(8)16)6-14(4-5-15)7-17-13/h15-16H,4-7H2,1-3H3. The van der Waals surface area contributed by atoms with Crippen LogP contribution >= 0.6 is 0 Å². The van der Waals surface area contributed by atoms with E-state index in [-0.39, 0.29) is 6.61 Å². The van der Waals surface area contributed by atoms with Crippen LogP contribution in [-0.2, 0) is 6.54 Å². The van der Waals surface area contributed by atoms with Gasteiger partial charge in [-0.15, -0.1) is 0 Å². The van der Waals surface area contributed by atoms with Crippen molar-refractivity contribution in [1.82, 2.24) is 4.90 Å². The number of β-amino-alcohol motifs (C(OH)–C–C–N with tert-alkyl or cyclic N) is 1. The third-order valence-corrected chi connectivity index (χ3v) is 3.53. The molecule has 0 amide bonds. The molecule has 0 spiro atoms. The summed E-state index contributed by atoms with van der Waals surface area (Å²) in [5.74, 6) is 1.25. The minimum atomic E-state index is 0.120. The zero-order chi connectivity index (χ0) is 12.6. The summed E-state index contributed by atoms with van der Waals surface area (Å²) < 4.78 is 5.74. The molecule has 0 saturated carbocycles. The SMILES string of the molecule is Cc1c(C)c2c(c(C)c1O)CN(CCO)CO2. The molecule has 0 fully saturated rings. The van der Waals surface area contributed by atoms with E-state index in [1.54, 1.807) is 0 Å². The Kier molecular flexibility index (Phi) is 3.26. The number of aromatic hydroxyl groups is 1. The first kappa shape index (κ1) is 12.2. The Morgan fingerprint density at radius 2 is 1.88 bits per heavy atom.